The maximum absolute atomic E-state index is 11.4. The first-order valence-electron chi connectivity index (χ1n) is 4.62. The number of carbonyl (C=O) groups is 2. The Hall–Kier alpha value is -1.91. The average molecular weight is 206 g/mol. The van der Waals surface area contributed by atoms with Crippen LogP contribution in [0.3, 0.4) is 0 Å². The summed E-state index contributed by atoms with van der Waals surface area (Å²) in [5.74, 6) is -1.35. The van der Waals surface area contributed by atoms with Crippen LogP contribution < -0.4 is 0 Å². The molecule has 0 saturated carbocycles. The van der Waals surface area contributed by atoms with Gasteiger partial charge in [-0.05, 0) is 11.6 Å². The van der Waals surface area contributed by atoms with Gasteiger partial charge in [0.2, 0.25) is 0 Å². The predicted octanol–water partition coefficient (Wildman–Crippen LogP) is -0.0330. The van der Waals surface area contributed by atoms with Gasteiger partial charge in [-0.1, -0.05) is 6.07 Å². The van der Waals surface area contributed by atoms with Crippen LogP contribution in [0.5, 0.6) is 0 Å². The standard InChI is InChI=1S/C10H10N2O3/c13-9-10(14)15-5-4-12(9)7-8-2-1-3-11-6-8/h1-3,6H,4-5,7H2. The molecule has 1 aliphatic rings. The van der Waals surface area contributed by atoms with E-state index in [0.717, 1.165) is 5.56 Å². The number of rotatable bonds is 2. The Morgan fingerprint density at radius 1 is 1.47 bits per heavy atom. The molecule has 0 unspecified atom stereocenters. The molecule has 0 bridgehead atoms. The third-order valence-electron chi connectivity index (χ3n) is 2.15. The lowest BCUT2D eigenvalue weighted by molar-refractivity contribution is -0.166. The number of ether oxygens (including phenoxy) is 1. The first kappa shape index (κ1) is 9.64. The van der Waals surface area contributed by atoms with Crippen molar-refractivity contribution in [2.24, 2.45) is 0 Å². The van der Waals surface area contributed by atoms with Crippen LogP contribution in [-0.2, 0) is 20.9 Å². The molecule has 0 aliphatic carbocycles. The summed E-state index contributed by atoms with van der Waals surface area (Å²) in [6.07, 6.45) is 3.34. The monoisotopic (exact) mass is 206 g/mol. The van der Waals surface area contributed by atoms with Gasteiger partial charge in [0.25, 0.3) is 0 Å². The fourth-order valence-corrected chi connectivity index (χ4v) is 1.40. The van der Waals surface area contributed by atoms with E-state index in [2.05, 4.69) is 9.72 Å². The van der Waals surface area contributed by atoms with Crippen molar-refractivity contribution >= 4 is 11.9 Å². The van der Waals surface area contributed by atoms with Crippen molar-refractivity contribution in [3.05, 3.63) is 30.1 Å². The number of hydrogen-bond donors (Lipinski definition) is 0. The Morgan fingerprint density at radius 2 is 2.33 bits per heavy atom. The summed E-state index contributed by atoms with van der Waals surface area (Å²) in [6.45, 7) is 1.12. The number of carbonyl (C=O) groups excluding carboxylic acids is 2. The zero-order valence-corrected chi connectivity index (χ0v) is 8.05. The van der Waals surface area contributed by atoms with Gasteiger partial charge in [0, 0.05) is 18.9 Å². The fourth-order valence-electron chi connectivity index (χ4n) is 1.40. The second kappa shape index (κ2) is 4.08. The lowest BCUT2D eigenvalue weighted by Crippen LogP contribution is -2.44. The molecule has 78 valence electrons. The minimum absolute atomic E-state index is 0.269. The molecule has 0 aromatic carbocycles. The summed E-state index contributed by atoms with van der Waals surface area (Å²) in [4.78, 5) is 27.7. The molecular weight excluding hydrogens is 196 g/mol. The molecule has 0 N–H and O–H groups in total. The number of aromatic nitrogens is 1. The fraction of sp³-hybridized carbons (Fsp3) is 0.300. The molecule has 0 spiro atoms. The second-order valence-corrected chi connectivity index (χ2v) is 3.22. The van der Waals surface area contributed by atoms with E-state index in [0.29, 0.717) is 13.1 Å². The van der Waals surface area contributed by atoms with Gasteiger partial charge in [0.05, 0.1) is 6.54 Å². The van der Waals surface area contributed by atoms with E-state index in [9.17, 15) is 9.59 Å². The highest BCUT2D eigenvalue weighted by Crippen LogP contribution is 2.07. The minimum Gasteiger partial charge on any atom is -0.457 e. The van der Waals surface area contributed by atoms with Crippen LogP contribution in [0.2, 0.25) is 0 Å². The number of pyridine rings is 1. The summed E-state index contributed by atoms with van der Waals surface area (Å²) >= 11 is 0. The quantitative estimate of drug-likeness (QED) is 0.503. The highest BCUT2D eigenvalue weighted by molar-refractivity contribution is 6.32. The van der Waals surface area contributed by atoms with E-state index in [1.807, 2.05) is 6.07 Å². The first-order valence-corrected chi connectivity index (χ1v) is 4.62. The van der Waals surface area contributed by atoms with Gasteiger partial charge < -0.3 is 9.64 Å². The zero-order valence-electron chi connectivity index (χ0n) is 8.05. The van der Waals surface area contributed by atoms with E-state index < -0.39 is 11.9 Å². The van der Waals surface area contributed by atoms with Crippen molar-refractivity contribution in [2.75, 3.05) is 13.2 Å². The molecule has 5 nitrogen and oxygen atoms in total. The normalized spacial score (nSPS) is 16.4. The predicted molar refractivity (Wildman–Crippen MR) is 50.6 cm³/mol. The Kier molecular flexibility index (Phi) is 2.62. The molecular formula is C10H10N2O3. The molecule has 1 amide bonds. The van der Waals surface area contributed by atoms with Crippen LogP contribution in [0.4, 0.5) is 0 Å². The molecule has 2 rings (SSSR count). The third-order valence-corrected chi connectivity index (χ3v) is 2.15. The Balaban J connectivity index is 2.06. The topological polar surface area (TPSA) is 59.5 Å². The average Bonchev–Trinajstić information content (AvgIpc) is 2.26. The Morgan fingerprint density at radius 3 is 3.07 bits per heavy atom. The van der Waals surface area contributed by atoms with Gasteiger partial charge in [0.1, 0.15) is 6.61 Å². The number of hydrogen-bond acceptors (Lipinski definition) is 4. The Bertz CT molecular complexity index is 378. The molecule has 1 aliphatic heterocycles. The molecule has 15 heavy (non-hydrogen) atoms. The summed E-state index contributed by atoms with van der Waals surface area (Å²) in [5, 5.41) is 0. The summed E-state index contributed by atoms with van der Waals surface area (Å²) in [7, 11) is 0. The van der Waals surface area contributed by atoms with Crippen molar-refractivity contribution in [1.29, 1.82) is 0 Å². The van der Waals surface area contributed by atoms with Crippen molar-refractivity contribution in [3.63, 3.8) is 0 Å². The molecule has 1 saturated heterocycles. The molecule has 0 atom stereocenters. The maximum atomic E-state index is 11.4. The van der Waals surface area contributed by atoms with E-state index >= 15 is 0 Å². The largest absolute Gasteiger partial charge is 0.457 e. The van der Waals surface area contributed by atoms with E-state index in [1.165, 1.54) is 4.90 Å². The number of esters is 1. The van der Waals surface area contributed by atoms with Crippen molar-refractivity contribution in [3.8, 4) is 0 Å². The number of cyclic esters (lactones) is 1. The van der Waals surface area contributed by atoms with Crippen molar-refractivity contribution in [1.82, 2.24) is 9.88 Å². The van der Waals surface area contributed by atoms with Gasteiger partial charge >= 0.3 is 11.9 Å². The molecule has 5 heteroatoms. The summed E-state index contributed by atoms with van der Waals surface area (Å²) in [5.41, 5.74) is 0.903. The molecule has 2 heterocycles. The van der Waals surface area contributed by atoms with Crippen molar-refractivity contribution < 1.29 is 14.3 Å². The first-order chi connectivity index (χ1) is 7.27. The summed E-state index contributed by atoms with van der Waals surface area (Å²) in [6, 6.07) is 3.66. The second-order valence-electron chi connectivity index (χ2n) is 3.22. The van der Waals surface area contributed by atoms with Crippen LogP contribution in [0.15, 0.2) is 24.5 Å². The van der Waals surface area contributed by atoms with Crippen LogP contribution in [0.1, 0.15) is 5.56 Å². The van der Waals surface area contributed by atoms with Gasteiger partial charge in [-0.2, -0.15) is 0 Å². The lowest BCUT2D eigenvalue weighted by Gasteiger charge is -2.25. The van der Waals surface area contributed by atoms with Gasteiger partial charge in [-0.25, -0.2) is 4.79 Å². The van der Waals surface area contributed by atoms with Crippen molar-refractivity contribution in [2.45, 2.75) is 6.54 Å². The zero-order chi connectivity index (χ0) is 10.7. The lowest BCUT2D eigenvalue weighted by atomic mass is 10.2. The summed E-state index contributed by atoms with van der Waals surface area (Å²) < 4.78 is 4.61. The van der Waals surface area contributed by atoms with E-state index in [-0.39, 0.29) is 6.61 Å². The maximum Gasteiger partial charge on any atom is 0.397 e. The Labute approximate surface area is 86.7 Å². The third kappa shape index (κ3) is 2.12. The number of morpholine rings is 1. The van der Waals surface area contributed by atoms with Crippen LogP contribution in [0, 0.1) is 0 Å². The van der Waals surface area contributed by atoms with Gasteiger partial charge in [-0.3, -0.25) is 9.78 Å². The van der Waals surface area contributed by atoms with Gasteiger partial charge in [-0.15, -0.1) is 0 Å². The highest BCUT2D eigenvalue weighted by Gasteiger charge is 2.27. The van der Waals surface area contributed by atoms with Crippen LogP contribution >= 0.6 is 0 Å². The SMILES string of the molecule is O=C1OCCN(Cc2cccnc2)C1=O. The molecule has 1 aromatic rings. The van der Waals surface area contributed by atoms with Crippen LogP contribution in [0.25, 0.3) is 0 Å². The van der Waals surface area contributed by atoms with Gasteiger partial charge in [0.15, 0.2) is 0 Å². The molecule has 1 fully saturated rings. The number of amides is 1. The molecule has 1 aromatic heterocycles. The van der Waals surface area contributed by atoms with E-state index in [1.54, 1.807) is 18.5 Å². The van der Waals surface area contributed by atoms with Crippen LogP contribution in [-0.4, -0.2) is 34.9 Å². The highest BCUT2D eigenvalue weighted by atomic mass is 16.5. The number of nitrogens with zero attached hydrogens (tertiary/aromatic N) is 2. The minimum atomic E-state index is -0.773. The van der Waals surface area contributed by atoms with E-state index in [4.69, 9.17) is 0 Å². The smallest absolute Gasteiger partial charge is 0.397 e. The molecule has 0 radical (unpaired) electrons.